The van der Waals surface area contributed by atoms with Gasteiger partial charge in [-0.3, -0.25) is 0 Å². The third kappa shape index (κ3) is 1.59. The SMILES string of the molecule is N#Cc1nc(-c2cccc(F)c2Cl)oc1N. The number of benzene rings is 1. The highest BCUT2D eigenvalue weighted by Gasteiger charge is 2.16. The molecule has 16 heavy (non-hydrogen) atoms. The van der Waals surface area contributed by atoms with Gasteiger partial charge >= 0.3 is 0 Å². The van der Waals surface area contributed by atoms with Gasteiger partial charge in [0.2, 0.25) is 17.5 Å². The quantitative estimate of drug-likeness (QED) is 0.827. The van der Waals surface area contributed by atoms with Crippen LogP contribution in [0.15, 0.2) is 22.6 Å². The van der Waals surface area contributed by atoms with E-state index in [-0.39, 0.29) is 28.1 Å². The number of hydrogen-bond acceptors (Lipinski definition) is 4. The summed E-state index contributed by atoms with van der Waals surface area (Å²) in [5.74, 6) is -0.675. The van der Waals surface area contributed by atoms with Crippen molar-refractivity contribution >= 4 is 17.5 Å². The molecule has 0 aliphatic rings. The average molecular weight is 238 g/mol. The standard InChI is InChI=1S/C10H5ClFN3O/c11-8-5(2-1-3-6(8)12)10-15-7(4-13)9(14)16-10/h1-3H,14H2. The monoisotopic (exact) mass is 237 g/mol. The Morgan fingerprint density at radius 1 is 1.50 bits per heavy atom. The molecule has 6 heteroatoms. The second-order valence-corrected chi connectivity index (χ2v) is 3.32. The second kappa shape index (κ2) is 3.83. The highest BCUT2D eigenvalue weighted by atomic mass is 35.5. The van der Waals surface area contributed by atoms with Crippen molar-refractivity contribution in [3.8, 4) is 17.5 Å². The van der Waals surface area contributed by atoms with Crippen LogP contribution >= 0.6 is 11.6 Å². The average Bonchev–Trinajstić information content (AvgIpc) is 2.63. The molecule has 0 amide bonds. The molecule has 2 rings (SSSR count). The molecule has 2 aromatic rings. The Labute approximate surface area is 95.1 Å². The fourth-order valence-corrected chi connectivity index (χ4v) is 1.40. The van der Waals surface area contributed by atoms with Gasteiger partial charge in [0.15, 0.2) is 0 Å². The summed E-state index contributed by atoms with van der Waals surface area (Å²) >= 11 is 5.73. The van der Waals surface area contributed by atoms with Gasteiger partial charge in [0.1, 0.15) is 11.9 Å². The number of anilines is 1. The number of nitrogens with two attached hydrogens (primary N) is 1. The minimum absolute atomic E-state index is 0.0264. The first kappa shape index (κ1) is 10.5. The van der Waals surface area contributed by atoms with Crippen LogP contribution in [0.4, 0.5) is 10.3 Å². The topological polar surface area (TPSA) is 75.8 Å². The molecule has 4 nitrogen and oxygen atoms in total. The Balaban J connectivity index is 2.60. The number of aromatic nitrogens is 1. The van der Waals surface area contributed by atoms with Crippen molar-refractivity contribution in [3.05, 3.63) is 34.7 Å². The van der Waals surface area contributed by atoms with Gasteiger partial charge in [-0.05, 0) is 12.1 Å². The van der Waals surface area contributed by atoms with E-state index >= 15 is 0 Å². The number of halogens is 2. The molecular weight excluding hydrogens is 233 g/mol. The van der Waals surface area contributed by atoms with Crippen LogP contribution in [0.1, 0.15) is 5.69 Å². The lowest BCUT2D eigenvalue weighted by molar-refractivity contribution is 0.590. The van der Waals surface area contributed by atoms with E-state index < -0.39 is 5.82 Å². The summed E-state index contributed by atoms with van der Waals surface area (Å²) in [7, 11) is 0. The van der Waals surface area contributed by atoms with E-state index in [1.807, 2.05) is 0 Å². The molecule has 0 saturated carbocycles. The van der Waals surface area contributed by atoms with E-state index in [4.69, 9.17) is 27.0 Å². The lowest BCUT2D eigenvalue weighted by atomic mass is 10.2. The molecule has 0 aliphatic carbocycles. The zero-order valence-corrected chi connectivity index (χ0v) is 8.62. The Kier molecular flexibility index (Phi) is 2.50. The van der Waals surface area contributed by atoms with E-state index in [0.717, 1.165) is 0 Å². The van der Waals surface area contributed by atoms with Crippen LogP contribution in [0, 0.1) is 17.1 Å². The third-order valence-corrected chi connectivity index (χ3v) is 2.33. The van der Waals surface area contributed by atoms with Crippen molar-refractivity contribution in [2.24, 2.45) is 0 Å². The van der Waals surface area contributed by atoms with Crippen LogP contribution in [-0.2, 0) is 0 Å². The van der Waals surface area contributed by atoms with E-state index in [2.05, 4.69) is 4.98 Å². The van der Waals surface area contributed by atoms with E-state index in [0.29, 0.717) is 0 Å². The van der Waals surface area contributed by atoms with E-state index in [1.165, 1.54) is 18.2 Å². The number of nitriles is 1. The van der Waals surface area contributed by atoms with Crippen LogP contribution in [0.2, 0.25) is 5.02 Å². The normalized spacial score (nSPS) is 10.1. The van der Waals surface area contributed by atoms with E-state index in [9.17, 15) is 4.39 Å². The summed E-state index contributed by atoms with van der Waals surface area (Å²) in [6.07, 6.45) is 0. The van der Waals surface area contributed by atoms with Crippen LogP contribution in [0.25, 0.3) is 11.5 Å². The maximum Gasteiger partial charge on any atom is 0.231 e. The van der Waals surface area contributed by atoms with Gasteiger partial charge in [-0.25, -0.2) is 4.39 Å². The van der Waals surface area contributed by atoms with Gasteiger partial charge in [0, 0.05) is 0 Å². The fourth-order valence-electron chi connectivity index (χ4n) is 1.20. The van der Waals surface area contributed by atoms with Crippen LogP contribution in [0.5, 0.6) is 0 Å². The molecule has 1 aromatic heterocycles. The van der Waals surface area contributed by atoms with Crippen molar-refractivity contribution in [2.45, 2.75) is 0 Å². The van der Waals surface area contributed by atoms with Crippen molar-refractivity contribution in [2.75, 3.05) is 5.73 Å². The number of rotatable bonds is 1. The summed E-state index contributed by atoms with van der Waals surface area (Å²) in [5.41, 5.74) is 5.60. The molecule has 0 unspecified atom stereocenters. The number of nitrogen functional groups attached to an aromatic ring is 1. The summed E-state index contributed by atoms with van der Waals surface area (Å²) in [6, 6.07) is 5.95. The predicted molar refractivity (Wildman–Crippen MR) is 56.0 cm³/mol. The lowest BCUT2D eigenvalue weighted by Crippen LogP contribution is -1.84. The molecule has 2 N–H and O–H groups in total. The Hall–Kier alpha value is -2.06. The number of nitrogens with zero attached hydrogens (tertiary/aromatic N) is 2. The van der Waals surface area contributed by atoms with Gasteiger partial charge in [-0.15, -0.1) is 0 Å². The molecular formula is C10H5ClFN3O. The minimum atomic E-state index is -0.588. The maximum absolute atomic E-state index is 13.2. The Bertz CT molecular complexity index is 588. The molecule has 0 radical (unpaired) electrons. The Morgan fingerprint density at radius 2 is 2.25 bits per heavy atom. The smallest absolute Gasteiger partial charge is 0.231 e. The molecule has 0 atom stereocenters. The largest absolute Gasteiger partial charge is 0.419 e. The molecule has 0 aliphatic heterocycles. The first-order chi connectivity index (χ1) is 7.63. The van der Waals surface area contributed by atoms with E-state index in [1.54, 1.807) is 6.07 Å². The molecule has 0 fully saturated rings. The van der Waals surface area contributed by atoms with Crippen LogP contribution in [-0.4, -0.2) is 4.98 Å². The maximum atomic E-state index is 13.2. The molecule has 0 spiro atoms. The molecule has 80 valence electrons. The van der Waals surface area contributed by atoms with Crippen molar-refractivity contribution in [1.82, 2.24) is 4.98 Å². The highest BCUT2D eigenvalue weighted by molar-refractivity contribution is 6.33. The van der Waals surface area contributed by atoms with Gasteiger partial charge in [-0.2, -0.15) is 10.2 Å². The summed E-state index contributed by atoms with van der Waals surface area (Å²) in [6.45, 7) is 0. The molecule has 0 bridgehead atoms. The first-order valence-electron chi connectivity index (χ1n) is 4.24. The highest BCUT2D eigenvalue weighted by Crippen LogP contribution is 2.31. The molecule has 1 heterocycles. The van der Waals surface area contributed by atoms with Crippen molar-refractivity contribution in [1.29, 1.82) is 5.26 Å². The zero-order chi connectivity index (χ0) is 11.7. The summed E-state index contributed by atoms with van der Waals surface area (Å²) < 4.78 is 18.2. The van der Waals surface area contributed by atoms with Gasteiger partial charge in [0.05, 0.1) is 10.6 Å². The summed E-state index contributed by atoms with van der Waals surface area (Å²) in [4.78, 5) is 3.80. The van der Waals surface area contributed by atoms with Gasteiger partial charge in [-0.1, -0.05) is 17.7 Å². The molecule has 1 aromatic carbocycles. The summed E-state index contributed by atoms with van der Waals surface area (Å²) in [5, 5.41) is 8.53. The molecule has 0 saturated heterocycles. The van der Waals surface area contributed by atoms with Crippen molar-refractivity contribution < 1.29 is 8.81 Å². The van der Waals surface area contributed by atoms with Gasteiger partial charge in [0.25, 0.3) is 0 Å². The lowest BCUT2D eigenvalue weighted by Gasteiger charge is -1.99. The zero-order valence-electron chi connectivity index (χ0n) is 7.87. The van der Waals surface area contributed by atoms with Crippen molar-refractivity contribution in [3.63, 3.8) is 0 Å². The number of oxazole rings is 1. The Morgan fingerprint density at radius 3 is 2.88 bits per heavy atom. The van der Waals surface area contributed by atoms with Crippen LogP contribution < -0.4 is 5.73 Å². The third-order valence-electron chi connectivity index (χ3n) is 1.94. The predicted octanol–water partition coefficient (Wildman–Crippen LogP) is 2.59. The first-order valence-corrected chi connectivity index (χ1v) is 4.62. The van der Waals surface area contributed by atoms with Crippen LogP contribution in [0.3, 0.4) is 0 Å². The number of hydrogen-bond donors (Lipinski definition) is 1. The van der Waals surface area contributed by atoms with Gasteiger partial charge < -0.3 is 10.2 Å². The second-order valence-electron chi connectivity index (χ2n) is 2.95. The fraction of sp³-hybridized carbons (Fsp3) is 0. The minimum Gasteiger partial charge on any atom is -0.419 e.